The van der Waals surface area contributed by atoms with E-state index in [1.54, 1.807) is 6.92 Å². The van der Waals surface area contributed by atoms with Crippen LogP contribution < -0.4 is 16.0 Å². The molecule has 0 bridgehead atoms. The van der Waals surface area contributed by atoms with Crippen LogP contribution in [0.4, 0.5) is 4.79 Å². The summed E-state index contributed by atoms with van der Waals surface area (Å²) in [7, 11) is 0. The molecule has 3 amide bonds. The van der Waals surface area contributed by atoms with Crippen molar-refractivity contribution in [2.24, 2.45) is 0 Å². The van der Waals surface area contributed by atoms with Gasteiger partial charge in [0.25, 0.3) is 5.91 Å². The lowest BCUT2D eigenvalue weighted by Crippen LogP contribution is -2.93. The molecular weight excluding hydrogens is 362 g/mol. The van der Waals surface area contributed by atoms with Crippen LogP contribution in [-0.2, 0) is 11.3 Å². The first-order valence-corrected chi connectivity index (χ1v) is 9.71. The van der Waals surface area contributed by atoms with Crippen LogP contribution >= 0.6 is 0 Å². The van der Waals surface area contributed by atoms with Gasteiger partial charge in [-0.05, 0) is 12.5 Å². The van der Waals surface area contributed by atoms with Gasteiger partial charge < -0.3 is 10.6 Å². The molecular formula is C24H26N3O2+. The molecule has 0 heterocycles. The Bertz CT molecular complexity index is 875. The van der Waals surface area contributed by atoms with E-state index in [2.05, 4.69) is 10.6 Å². The van der Waals surface area contributed by atoms with E-state index in [1.807, 2.05) is 96.3 Å². The van der Waals surface area contributed by atoms with Crippen LogP contribution in [0.2, 0.25) is 0 Å². The number of imide groups is 1. The van der Waals surface area contributed by atoms with Crippen molar-refractivity contribution < 1.29 is 14.9 Å². The third-order valence-corrected chi connectivity index (χ3v) is 4.74. The largest absolute Gasteiger partial charge is 0.334 e. The highest BCUT2D eigenvalue weighted by atomic mass is 16.2. The molecule has 0 aliphatic heterocycles. The molecule has 148 valence electrons. The maximum absolute atomic E-state index is 12.6. The number of nitrogens with two attached hydrogens (primary N) is 1. The second-order valence-corrected chi connectivity index (χ2v) is 6.94. The van der Waals surface area contributed by atoms with Gasteiger partial charge in [0.15, 0.2) is 6.04 Å². The fourth-order valence-corrected chi connectivity index (χ4v) is 3.16. The first-order valence-electron chi connectivity index (χ1n) is 9.71. The van der Waals surface area contributed by atoms with Gasteiger partial charge in [-0.3, -0.25) is 10.1 Å². The molecule has 0 aromatic heterocycles. The predicted molar refractivity (Wildman–Crippen MR) is 113 cm³/mol. The number of nitrogens with one attached hydrogen (secondary N) is 2. The van der Waals surface area contributed by atoms with E-state index >= 15 is 0 Å². The van der Waals surface area contributed by atoms with Crippen LogP contribution in [0.3, 0.4) is 0 Å². The van der Waals surface area contributed by atoms with Crippen molar-refractivity contribution in [1.82, 2.24) is 10.6 Å². The summed E-state index contributed by atoms with van der Waals surface area (Å²) in [6, 6.07) is 28.7. The lowest BCUT2D eigenvalue weighted by Gasteiger charge is -2.20. The molecule has 3 aromatic rings. The highest BCUT2D eigenvalue weighted by Gasteiger charge is 2.25. The number of quaternary nitrogens is 1. The maximum atomic E-state index is 12.6. The standard InChI is InChI=1S/C24H25N3O2/c1-18(23(28)27-24(29)25-17-19-11-5-2-6-12-19)26-22(20-13-7-3-8-14-20)21-15-9-4-10-16-21/h2-16,18,22,26H,17H2,1H3,(H2,25,27,28,29)/p+1/t18-/m1/s1. The molecule has 3 aromatic carbocycles. The zero-order valence-electron chi connectivity index (χ0n) is 16.4. The van der Waals surface area contributed by atoms with Crippen molar-refractivity contribution in [3.05, 3.63) is 108 Å². The monoisotopic (exact) mass is 388 g/mol. The van der Waals surface area contributed by atoms with Crippen molar-refractivity contribution in [2.75, 3.05) is 0 Å². The SMILES string of the molecule is C[C@@H]([NH2+]C(c1ccccc1)c1ccccc1)C(=O)NC(=O)NCc1ccccc1. The Morgan fingerprint density at radius 3 is 1.79 bits per heavy atom. The number of rotatable bonds is 7. The zero-order valence-corrected chi connectivity index (χ0v) is 16.4. The van der Waals surface area contributed by atoms with Crippen LogP contribution in [0.25, 0.3) is 0 Å². The molecule has 0 aliphatic carbocycles. The number of urea groups is 1. The number of carbonyl (C=O) groups is 2. The number of hydrogen-bond donors (Lipinski definition) is 3. The van der Waals surface area contributed by atoms with E-state index < -0.39 is 12.1 Å². The van der Waals surface area contributed by atoms with Crippen molar-refractivity contribution >= 4 is 11.9 Å². The van der Waals surface area contributed by atoms with E-state index in [-0.39, 0.29) is 11.9 Å². The minimum Gasteiger partial charge on any atom is -0.334 e. The van der Waals surface area contributed by atoms with Gasteiger partial charge in [0.1, 0.15) is 6.04 Å². The minimum atomic E-state index is -0.491. The molecule has 5 heteroatoms. The molecule has 0 radical (unpaired) electrons. The van der Waals surface area contributed by atoms with Gasteiger partial charge in [-0.1, -0.05) is 91.0 Å². The fraction of sp³-hybridized carbons (Fsp3) is 0.167. The normalized spacial score (nSPS) is 11.7. The maximum Gasteiger partial charge on any atom is 0.321 e. The molecule has 0 saturated carbocycles. The topological polar surface area (TPSA) is 74.8 Å². The van der Waals surface area contributed by atoms with Gasteiger partial charge in [0, 0.05) is 17.7 Å². The van der Waals surface area contributed by atoms with Gasteiger partial charge in [0.05, 0.1) is 0 Å². The summed E-state index contributed by atoms with van der Waals surface area (Å²) in [4.78, 5) is 24.7. The molecule has 0 spiro atoms. The summed E-state index contributed by atoms with van der Waals surface area (Å²) in [6.07, 6.45) is 0. The molecule has 29 heavy (non-hydrogen) atoms. The molecule has 0 aliphatic rings. The average molecular weight is 388 g/mol. The zero-order chi connectivity index (χ0) is 20.5. The smallest absolute Gasteiger partial charge is 0.321 e. The van der Waals surface area contributed by atoms with E-state index in [0.717, 1.165) is 16.7 Å². The van der Waals surface area contributed by atoms with Crippen molar-refractivity contribution in [1.29, 1.82) is 0 Å². The number of benzene rings is 3. The van der Waals surface area contributed by atoms with E-state index in [0.29, 0.717) is 6.54 Å². The summed E-state index contributed by atoms with van der Waals surface area (Å²) in [5.74, 6) is -0.326. The lowest BCUT2D eigenvalue weighted by molar-refractivity contribution is -0.704. The Morgan fingerprint density at radius 2 is 1.28 bits per heavy atom. The van der Waals surface area contributed by atoms with Crippen LogP contribution in [0, 0.1) is 0 Å². The Balaban J connectivity index is 1.61. The van der Waals surface area contributed by atoms with Gasteiger partial charge in [-0.2, -0.15) is 0 Å². The number of carbonyl (C=O) groups excluding carboxylic acids is 2. The van der Waals surface area contributed by atoms with Gasteiger partial charge in [-0.25, -0.2) is 4.79 Å². The second-order valence-electron chi connectivity index (χ2n) is 6.94. The third-order valence-electron chi connectivity index (χ3n) is 4.74. The summed E-state index contributed by atoms with van der Waals surface area (Å²) in [5, 5.41) is 7.13. The molecule has 4 N–H and O–H groups in total. The molecule has 5 nitrogen and oxygen atoms in total. The summed E-state index contributed by atoms with van der Waals surface area (Å²) < 4.78 is 0. The Hall–Kier alpha value is -3.44. The van der Waals surface area contributed by atoms with E-state index in [1.165, 1.54) is 0 Å². The van der Waals surface area contributed by atoms with Crippen LogP contribution in [0.1, 0.15) is 29.7 Å². The minimum absolute atomic E-state index is 0.0365. The van der Waals surface area contributed by atoms with Crippen molar-refractivity contribution in [3.8, 4) is 0 Å². The average Bonchev–Trinajstić information content (AvgIpc) is 2.77. The fourth-order valence-electron chi connectivity index (χ4n) is 3.16. The van der Waals surface area contributed by atoms with Crippen LogP contribution in [-0.4, -0.2) is 18.0 Å². The molecule has 0 unspecified atom stereocenters. The predicted octanol–water partition coefficient (Wildman–Crippen LogP) is 2.75. The summed E-state index contributed by atoms with van der Waals surface area (Å²) in [6.45, 7) is 2.17. The summed E-state index contributed by atoms with van der Waals surface area (Å²) >= 11 is 0. The van der Waals surface area contributed by atoms with Crippen molar-refractivity contribution in [2.45, 2.75) is 25.6 Å². The molecule has 0 saturated heterocycles. The highest BCUT2D eigenvalue weighted by molar-refractivity contribution is 5.96. The quantitative estimate of drug-likeness (QED) is 0.582. The Morgan fingerprint density at radius 1 is 0.793 bits per heavy atom. The first kappa shape index (κ1) is 20.3. The summed E-state index contributed by atoms with van der Waals surface area (Å²) in [5.41, 5.74) is 3.18. The van der Waals surface area contributed by atoms with Gasteiger partial charge in [-0.15, -0.1) is 0 Å². The lowest BCUT2D eigenvalue weighted by atomic mass is 9.98. The van der Waals surface area contributed by atoms with Crippen LogP contribution in [0.5, 0.6) is 0 Å². The Kier molecular flexibility index (Phi) is 7.14. The van der Waals surface area contributed by atoms with Crippen LogP contribution in [0.15, 0.2) is 91.0 Å². The first-order chi connectivity index (χ1) is 14.1. The van der Waals surface area contributed by atoms with Gasteiger partial charge >= 0.3 is 6.03 Å². The second kappa shape index (κ2) is 10.2. The highest BCUT2D eigenvalue weighted by Crippen LogP contribution is 2.17. The van der Waals surface area contributed by atoms with E-state index in [9.17, 15) is 9.59 Å². The molecule has 0 fully saturated rings. The van der Waals surface area contributed by atoms with Crippen molar-refractivity contribution in [3.63, 3.8) is 0 Å². The third kappa shape index (κ3) is 6.02. The molecule has 1 atom stereocenters. The number of amides is 3. The van der Waals surface area contributed by atoms with E-state index in [4.69, 9.17) is 0 Å². The molecule has 3 rings (SSSR count). The Labute approximate surface area is 171 Å². The van der Waals surface area contributed by atoms with Gasteiger partial charge in [0.2, 0.25) is 0 Å². The number of hydrogen-bond acceptors (Lipinski definition) is 2.